The largest absolute Gasteiger partial charge is 0.508 e. The van der Waals surface area contributed by atoms with Crippen molar-refractivity contribution in [1.29, 1.82) is 5.26 Å². The molecular weight excluding hydrogens is 400 g/mol. The van der Waals surface area contributed by atoms with Gasteiger partial charge in [0.1, 0.15) is 29.7 Å². The molecule has 0 saturated carbocycles. The predicted molar refractivity (Wildman–Crippen MR) is 125 cm³/mol. The first-order valence-corrected chi connectivity index (χ1v) is 10.0. The Balaban J connectivity index is 1.55. The molecule has 156 valence electrons. The molecule has 0 aliphatic heterocycles. The van der Waals surface area contributed by atoms with E-state index < -0.39 is 5.91 Å². The molecule has 0 aliphatic carbocycles. The Bertz CT molecular complexity index is 1330. The number of nitrogens with one attached hydrogen (secondary N) is 1. The van der Waals surface area contributed by atoms with Crippen LogP contribution in [0.25, 0.3) is 16.8 Å². The molecule has 5 heteroatoms. The summed E-state index contributed by atoms with van der Waals surface area (Å²) >= 11 is 0. The number of phenols is 1. The number of nitriles is 1. The van der Waals surface area contributed by atoms with Crippen LogP contribution in [0.2, 0.25) is 0 Å². The normalized spacial score (nSPS) is 11.0. The van der Waals surface area contributed by atoms with Gasteiger partial charge in [-0.25, -0.2) is 0 Å². The zero-order valence-electron chi connectivity index (χ0n) is 17.2. The third kappa shape index (κ3) is 4.77. The monoisotopic (exact) mass is 420 g/mol. The molecule has 0 radical (unpaired) electrons. The topological polar surface area (TPSA) is 82.3 Å². The first kappa shape index (κ1) is 20.7. The van der Waals surface area contributed by atoms with Crippen molar-refractivity contribution >= 4 is 28.4 Å². The van der Waals surface area contributed by atoms with Gasteiger partial charge in [-0.1, -0.05) is 60.7 Å². The number of fused-ring (bicyclic) bond motifs is 1. The van der Waals surface area contributed by atoms with E-state index in [1.807, 2.05) is 48.5 Å². The van der Waals surface area contributed by atoms with Crippen LogP contribution in [0.5, 0.6) is 11.5 Å². The van der Waals surface area contributed by atoms with Crippen molar-refractivity contribution in [3.05, 3.63) is 108 Å². The number of hydrogen-bond acceptors (Lipinski definition) is 4. The summed E-state index contributed by atoms with van der Waals surface area (Å²) in [4.78, 5) is 12.6. The molecule has 0 spiro atoms. The lowest BCUT2D eigenvalue weighted by Crippen LogP contribution is -2.13. The molecule has 0 saturated heterocycles. The number of carbonyl (C=O) groups excluding carboxylic acids is 1. The van der Waals surface area contributed by atoms with Crippen LogP contribution in [0.15, 0.2) is 96.6 Å². The van der Waals surface area contributed by atoms with E-state index in [4.69, 9.17) is 4.74 Å². The summed E-state index contributed by atoms with van der Waals surface area (Å²) in [6.07, 6.45) is 1.51. The first-order chi connectivity index (χ1) is 15.6. The molecule has 32 heavy (non-hydrogen) atoms. The van der Waals surface area contributed by atoms with E-state index in [-0.39, 0.29) is 11.3 Å². The maximum Gasteiger partial charge on any atom is 0.266 e. The number of nitrogens with zero attached hydrogens (tertiary/aromatic N) is 1. The van der Waals surface area contributed by atoms with Crippen molar-refractivity contribution in [2.24, 2.45) is 0 Å². The van der Waals surface area contributed by atoms with Gasteiger partial charge in [-0.2, -0.15) is 5.26 Å². The van der Waals surface area contributed by atoms with Crippen molar-refractivity contribution in [1.82, 2.24) is 0 Å². The van der Waals surface area contributed by atoms with E-state index in [1.165, 1.54) is 18.2 Å². The Labute approximate surface area is 185 Å². The van der Waals surface area contributed by atoms with Gasteiger partial charge in [0.05, 0.1) is 0 Å². The van der Waals surface area contributed by atoms with Crippen LogP contribution in [0.3, 0.4) is 0 Å². The first-order valence-electron chi connectivity index (χ1n) is 10.0. The Hall–Kier alpha value is -4.56. The van der Waals surface area contributed by atoms with Gasteiger partial charge in [0.2, 0.25) is 0 Å². The highest BCUT2D eigenvalue weighted by atomic mass is 16.5. The lowest BCUT2D eigenvalue weighted by atomic mass is 10.1. The van der Waals surface area contributed by atoms with Gasteiger partial charge in [-0.15, -0.1) is 0 Å². The molecule has 4 aromatic rings. The zero-order valence-corrected chi connectivity index (χ0v) is 17.2. The SMILES string of the molecule is N#C/C(=C\c1ccccc1OCc1cccc2ccccc12)C(=O)Nc1ccc(O)cc1. The quantitative estimate of drug-likeness (QED) is 0.239. The second kappa shape index (κ2) is 9.50. The number of ether oxygens (including phenoxy) is 1. The minimum absolute atomic E-state index is 0.0562. The van der Waals surface area contributed by atoms with E-state index in [0.29, 0.717) is 23.6 Å². The molecular formula is C27H20N2O3. The summed E-state index contributed by atoms with van der Waals surface area (Å²) in [6, 6.07) is 29.4. The number of phenolic OH excluding ortho intramolecular Hbond substituents is 1. The summed E-state index contributed by atoms with van der Waals surface area (Å²) in [5.41, 5.74) is 2.10. The molecule has 0 bridgehead atoms. The molecule has 1 amide bonds. The standard InChI is InChI=1S/C27H20N2O3/c28-17-22(27(31)29-23-12-14-24(30)15-13-23)16-20-7-2-4-11-26(20)32-18-21-9-5-8-19-6-1-3-10-25(19)21/h1-16,30H,18H2,(H,29,31)/b22-16+. The number of amides is 1. The van der Waals surface area contributed by atoms with Crippen molar-refractivity contribution in [2.75, 3.05) is 5.32 Å². The maximum atomic E-state index is 12.6. The molecule has 2 N–H and O–H groups in total. The molecule has 4 rings (SSSR count). The Morgan fingerprint density at radius 3 is 2.47 bits per heavy atom. The van der Waals surface area contributed by atoms with Crippen LogP contribution in [-0.2, 0) is 11.4 Å². The van der Waals surface area contributed by atoms with Gasteiger partial charge in [0, 0.05) is 11.3 Å². The van der Waals surface area contributed by atoms with Crippen LogP contribution in [0.4, 0.5) is 5.69 Å². The van der Waals surface area contributed by atoms with E-state index in [1.54, 1.807) is 18.2 Å². The maximum absolute atomic E-state index is 12.6. The molecule has 0 aromatic heterocycles. The van der Waals surface area contributed by atoms with E-state index >= 15 is 0 Å². The molecule has 4 aromatic carbocycles. The Morgan fingerprint density at radius 1 is 0.938 bits per heavy atom. The predicted octanol–water partition coefficient (Wildman–Crippen LogP) is 5.67. The van der Waals surface area contributed by atoms with Crippen LogP contribution >= 0.6 is 0 Å². The third-order valence-electron chi connectivity index (χ3n) is 4.97. The van der Waals surface area contributed by atoms with E-state index in [2.05, 4.69) is 23.5 Å². The van der Waals surface area contributed by atoms with Crippen LogP contribution in [0.1, 0.15) is 11.1 Å². The summed E-state index contributed by atoms with van der Waals surface area (Å²) < 4.78 is 6.07. The minimum Gasteiger partial charge on any atom is -0.508 e. The molecule has 0 fully saturated rings. The fourth-order valence-corrected chi connectivity index (χ4v) is 3.35. The zero-order chi connectivity index (χ0) is 22.3. The van der Waals surface area contributed by atoms with Gasteiger partial charge in [-0.3, -0.25) is 4.79 Å². The second-order valence-electron chi connectivity index (χ2n) is 7.14. The molecule has 0 heterocycles. The lowest BCUT2D eigenvalue weighted by Gasteiger charge is -2.12. The second-order valence-corrected chi connectivity index (χ2v) is 7.14. The van der Waals surface area contributed by atoms with Crippen LogP contribution in [0, 0.1) is 11.3 Å². The molecule has 0 aliphatic rings. The number of para-hydroxylation sites is 1. The van der Waals surface area contributed by atoms with Crippen molar-refractivity contribution in [2.45, 2.75) is 6.61 Å². The fraction of sp³-hybridized carbons (Fsp3) is 0.0370. The third-order valence-corrected chi connectivity index (χ3v) is 4.97. The van der Waals surface area contributed by atoms with Gasteiger partial charge >= 0.3 is 0 Å². The summed E-state index contributed by atoms with van der Waals surface area (Å²) in [7, 11) is 0. The van der Waals surface area contributed by atoms with Gasteiger partial charge in [0.15, 0.2) is 0 Å². The fourth-order valence-electron chi connectivity index (χ4n) is 3.35. The van der Waals surface area contributed by atoms with E-state index in [9.17, 15) is 15.2 Å². The van der Waals surface area contributed by atoms with Crippen molar-refractivity contribution in [3.63, 3.8) is 0 Å². The number of hydrogen-bond donors (Lipinski definition) is 2. The summed E-state index contributed by atoms with van der Waals surface area (Å²) in [5.74, 6) is 0.129. The average molecular weight is 420 g/mol. The number of benzene rings is 4. The minimum atomic E-state index is -0.540. The number of rotatable bonds is 6. The highest BCUT2D eigenvalue weighted by Gasteiger charge is 2.12. The average Bonchev–Trinajstić information content (AvgIpc) is 2.83. The lowest BCUT2D eigenvalue weighted by molar-refractivity contribution is -0.112. The number of carbonyl (C=O) groups is 1. The molecule has 0 atom stereocenters. The Kier molecular flexibility index (Phi) is 6.15. The van der Waals surface area contributed by atoms with Crippen molar-refractivity contribution < 1.29 is 14.6 Å². The van der Waals surface area contributed by atoms with Gasteiger partial charge < -0.3 is 15.2 Å². The smallest absolute Gasteiger partial charge is 0.266 e. The van der Waals surface area contributed by atoms with E-state index in [0.717, 1.165) is 16.3 Å². The molecule has 5 nitrogen and oxygen atoms in total. The van der Waals surface area contributed by atoms with Gasteiger partial charge in [0.25, 0.3) is 5.91 Å². The summed E-state index contributed by atoms with van der Waals surface area (Å²) in [6.45, 7) is 0.355. The number of aromatic hydroxyl groups is 1. The van der Waals surface area contributed by atoms with Crippen molar-refractivity contribution in [3.8, 4) is 17.6 Å². The molecule has 0 unspecified atom stereocenters. The highest BCUT2D eigenvalue weighted by molar-refractivity contribution is 6.09. The Morgan fingerprint density at radius 2 is 1.66 bits per heavy atom. The highest BCUT2D eigenvalue weighted by Crippen LogP contribution is 2.25. The number of anilines is 1. The summed E-state index contributed by atoms with van der Waals surface area (Å²) in [5, 5.41) is 23.8. The van der Waals surface area contributed by atoms with Crippen LogP contribution in [-0.4, -0.2) is 11.0 Å². The van der Waals surface area contributed by atoms with Crippen LogP contribution < -0.4 is 10.1 Å². The van der Waals surface area contributed by atoms with Gasteiger partial charge in [-0.05, 0) is 52.7 Å².